The highest BCUT2D eigenvalue weighted by molar-refractivity contribution is 6.31. The number of anilines is 1. The minimum atomic E-state index is -0.988. The zero-order chi connectivity index (χ0) is 24.7. The highest BCUT2D eigenvalue weighted by atomic mass is 35.5. The van der Waals surface area contributed by atoms with Gasteiger partial charge in [0.05, 0.1) is 18.2 Å². The number of amides is 2. The normalized spacial score (nSPS) is 23.3. The second kappa shape index (κ2) is 9.61. The van der Waals surface area contributed by atoms with Crippen LogP contribution >= 0.6 is 11.6 Å². The van der Waals surface area contributed by atoms with Crippen LogP contribution in [0.1, 0.15) is 73.3 Å². The second-order valence-corrected chi connectivity index (χ2v) is 10.2. The summed E-state index contributed by atoms with van der Waals surface area (Å²) in [5.74, 6) is -1.72. The van der Waals surface area contributed by atoms with Crippen molar-refractivity contribution in [2.45, 2.75) is 69.5 Å². The molecule has 0 saturated heterocycles. The van der Waals surface area contributed by atoms with Crippen molar-refractivity contribution in [3.8, 4) is 0 Å². The van der Waals surface area contributed by atoms with Crippen LogP contribution in [0, 0.1) is 11.7 Å². The number of carbonyl (C=O) groups excluding carboxylic acids is 2. The standard InChI is InChI=1S/C27H28ClFN2O4/c28-17-9-12-21-23(15-17)31(27(35)16-7-10-18(29)11-8-16)22-6-2-5-20(22)26(21)30(19-3-1-4-19)24(32)13-14-25(33)34/h7-12,15,19-20,22,26H,1-6,13-14H2,(H,33,34)/t20-,22+,26+/m0/s1. The third kappa shape index (κ3) is 4.42. The van der Waals surface area contributed by atoms with Crippen LogP contribution in [0.15, 0.2) is 42.5 Å². The van der Waals surface area contributed by atoms with Crippen molar-refractivity contribution in [1.82, 2.24) is 4.90 Å². The lowest BCUT2D eigenvalue weighted by atomic mass is 9.78. The van der Waals surface area contributed by atoms with Crippen LogP contribution in [-0.2, 0) is 9.59 Å². The Balaban J connectivity index is 1.59. The summed E-state index contributed by atoms with van der Waals surface area (Å²) in [7, 11) is 0. The van der Waals surface area contributed by atoms with Gasteiger partial charge >= 0.3 is 5.97 Å². The van der Waals surface area contributed by atoms with Crippen molar-refractivity contribution in [3.63, 3.8) is 0 Å². The van der Waals surface area contributed by atoms with Crippen LogP contribution in [-0.4, -0.2) is 39.9 Å². The molecule has 1 heterocycles. The van der Waals surface area contributed by atoms with Gasteiger partial charge in [0.15, 0.2) is 0 Å². The number of rotatable bonds is 6. The maximum atomic E-state index is 13.7. The summed E-state index contributed by atoms with van der Waals surface area (Å²) in [5, 5.41) is 9.66. The molecule has 2 saturated carbocycles. The maximum Gasteiger partial charge on any atom is 0.303 e. The van der Waals surface area contributed by atoms with Gasteiger partial charge in [-0.15, -0.1) is 0 Å². The zero-order valence-electron chi connectivity index (χ0n) is 19.3. The first-order valence-corrected chi connectivity index (χ1v) is 12.6. The van der Waals surface area contributed by atoms with E-state index < -0.39 is 11.8 Å². The molecule has 1 N–H and O–H groups in total. The number of aliphatic carboxylic acids is 1. The van der Waals surface area contributed by atoms with Crippen molar-refractivity contribution in [1.29, 1.82) is 0 Å². The lowest BCUT2D eigenvalue weighted by Gasteiger charge is -2.51. The fourth-order valence-electron chi connectivity index (χ4n) is 5.98. The van der Waals surface area contributed by atoms with Crippen molar-refractivity contribution < 1.29 is 23.9 Å². The van der Waals surface area contributed by atoms with E-state index in [0.717, 1.165) is 44.1 Å². The fourth-order valence-corrected chi connectivity index (χ4v) is 6.15. The number of fused-ring (bicyclic) bond motifs is 2. The van der Waals surface area contributed by atoms with Crippen molar-refractivity contribution >= 4 is 35.1 Å². The molecule has 0 spiro atoms. The summed E-state index contributed by atoms with van der Waals surface area (Å²) < 4.78 is 13.5. The molecule has 3 aliphatic rings. The summed E-state index contributed by atoms with van der Waals surface area (Å²) in [6.45, 7) is 0. The molecule has 6 nitrogen and oxygen atoms in total. The molecule has 2 fully saturated rings. The first kappa shape index (κ1) is 23.8. The topological polar surface area (TPSA) is 77.9 Å². The van der Waals surface area contributed by atoms with E-state index in [-0.39, 0.29) is 48.7 Å². The third-order valence-corrected chi connectivity index (χ3v) is 7.99. The molecule has 0 radical (unpaired) electrons. The molecule has 2 amide bonds. The molecule has 0 bridgehead atoms. The van der Waals surface area contributed by atoms with E-state index in [1.165, 1.54) is 24.3 Å². The molecule has 8 heteroatoms. The van der Waals surface area contributed by atoms with Gasteiger partial charge in [-0.1, -0.05) is 24.1 Å². The van der Waals surface area contributed by atoms with E-state index in [1.807, 2.05) is 11.0 Å². The highest BCUT2D eigenvalue weighted by Crippen LogP contribution is 2.53. The van der Waals surface area contributed by atoms with Crippen LogP contribution < -0.4 is 4.90 Å². The maximum absolute atomic E-state index is 13.7. The first-order valence-electron chi connectivity index (χ1n) is 12.3. The van der Waals surface area contributed by atoms with Crippen LogP contribution in [0.3, 0.4) is 0 Å². The molecule has 1 aliphatic heterocycles. The molecule has 3 atom stereocenters. The summed E-state index contributed by atoms with van der Waals surface area (Å²) in [6, 6.07) is 10.7. The number of carbonyl (C=O) groups is 3. The number of carboxylic acid groups (broad SMARTS) is 1. The van der Waals surface area contributed by atoms with Crippen LogP contribution in [0.2, 0.25) is 5.02 Å². The van der Waals surface area contributed by atoms with Crippen molar-refractivity contribution in [2.24, 2.45) is 5.92 Å². The average Bonchev–Trinajstić information content (AvgIpc) is 3.27. The van der Waals surface area contributed by atoms with E-state index in [4.69, 9.17) is 11.6 Å². The molecular weight excluding hydrogens is 471 g/mol. The molecular formula is C27H28ClFN2O4. The number of hydrogen-bond donors (Lipinski definition) is 1. The Bertz CT molecular complexity index is 1150. The SMILES string of the molecule is O=C(O)CCC(=O)N(C1CCC1)[C@H]1c2ccc(Cl)cc2N(C(=O)c2ccc(F)cc2)[C@@H]2CCC[C@@H]21. The summed E-state index contributed by atoms with van der Waals surface area (Å²) in [4.78, 5) is 42.1. The number of carboxylic acids is 1. The van der Waals surface area contributed by atoms with E-state index in [0.29, 0.717) is 16.3 Å². The lowest BCUT2D eigenvalue weighted by Crippen LogP contribution is -2.55. The van der Waals surface area contributed by atoms with E-state index >= 15 is 0 Å². The highest BCUT2D eigenvalue weighted by Gasteiger charge is 2.50. The number of halogens is 2. The Kier molecular flexibility index (Phi) is 6.53. The van der Waals surface area contributed by atoms with E-state index in [9.17, 15) is 23.9 Å². The van der Waals surface area contributed by atoms with Gasteiger partial charge in [0.1, 0.15) is 5.82 Å². The Morgan fingerprint density at radius 3 is 2.37 bits per heavy atom. The minimum absolute atomic E-state index is 0.0300. The van der Waals surface area contributed by atoms with E-state index in [2.05, 4.69) is 0 Å². The van der Waals surface area contributed by atoms with Gasteiger partial charge in [0, 0.05) is 35.0 Å². The van der Waals surface area contributed by atoms with Crippen LogP contribution in [0.25, 0.3) is 0 Å². The molecule has 0 unspecified atom stereocenters. The fraction of sp³-hybridized carbons (Fsp3) is 0.444. The number of nitrogens with zero attached hydrogens (tertiary/aromatic N) is 2. The lowest BCUT2D eigenvalue weighted by molar-refractivity contribution is -0.145. The second-order valence-electron chi connectivity index (χ2n) is 9.77. The number of benzene rings is 2. The Hall–Kier alpha value is -2.93. The Morgan fingerprint density at radius 2 is 1.71 bits per heavy atom. The average molecular weight is 499 g/mol. The zero-order valence-corrected chi connectivity index (χ0v) is 20.1. The number of hydrogen-bond acceptors (Lipinski definition) is 3. The molecule has 184 valence electrons. The Labute approximate surface area is 208 Å². The third-order valence-electron chi connectivity index (χ3n) is 7.76. The largest absolute Gasteiger partial charge is 0.481 e. The van der Waals surface area contributed by atoms with Crippen molar-refractivity contribution in [2.75, 3.05) is 4.90 Å². The molecule has 35 heavy (non-hydrogen) atoms. The van der Waals surface area contributed by atoms with Gasteiger partial charge < -0.3 is 14.9 Å². The quantitative estimate of drug-likeness (QED) is 0.562. The van der Waals surface area contributed by atoms with Gasteiger partial charge in [-0.3, -0.25) is 14.4 Å². The molecule has 2 aromatic rings. The van der Waals surface area contributed by atoms with Gasteiger partial charge in [0.2, 0.25) is 5.91 Å². The van der Waals surface area contributed by atoms with Crippen molar-refractivity contribution in [3.05, 3.63) is 64.4 Å². The van der Waals surface area contributed by atoms with Gasteiger partial charge in [-0.25, -0.2) is 4.39 Å². The summed E-state index contributed by atoms with van der Waals surface area (Å²) in [6.07, 6.45) is 5.16. The van der Waals surface area contributed by atoms with Gasteiger partial charge in [-0.2, -0.15) is 0 Å². The summed E-state index contributed by atoms with van der Waals surface area (Å²) >= 11 is 6.40. The predicted octanol–water partition coefficient (Wildman–Crippen LogP) is 5.60. The first-order chi connectivity index (χ1) is 16.8. The van der Waals surface area contributed by atoms with Crippen LogP contribution in [0.5, 0.6) is 0 Å². The van der Waals surface area contributed by atoms with Gasteiger partial charge in [0.25, 0.3) is 5.91 Å². The van der Waals surface area contributed by atoms with Crippen LogP contribution in [0.4, 0.5) is 10.1 Å². The molecule has 2 aromatic carbocycles. The van der Waals surface area contributed by atoms with Gasteiger partial charge in [-0.05, 0) is 74.1 Å². The smallest absolute Gasteiger partial charge is 0.303 e. The Morgan fingerprint density at radius 1 is 1.00 bits per heavy atom. The molecule has 5 rings (SSSR count). The monoisotopic (exact) mass is 498 g/mol. The predicted molar refractivity (Wildman–Crippen MR) is 130 cm³/mol. The molecule has 2 aliphatic carbocycles. The molecule has 0 aromatic heterocycles. The van der Waals surface area contributed by atoms with E-state index in [1.54, 1.807) is 17.0 Å². The minimum Gasteiger partial charge on any atom is -0.481 e. The summed E-state index contributed by atoms with van der Waals surface area (Å²) in [5.41, 5.74) is 1.94.